The Labute approximate surface area is 202 Å². The minimum atomic E-state index is -0.847. The Bertz CT molecular complexity index is 1030. The highest BCUT2D eigenvalue weighted by molar-refractivity contribution is 6.36. The molecule has 0 aliphatic heterocycles. The van der Waals surface area contributed by atoms with E-state index < -0.39 is 23.8 Å². The van der Waals surface area contributed by atoms with E-state index in [1.165, 1.54) is 18.3 Å². The standard InChI is InChI=1S/C23H25Cl2N3O5/c1-4-32-20(29)13-33-17-7-5-6-15(10-17)12-26-28-23(31)21(14(2)3)27-22(30)18-9-8-16(24)11-19(18)25/h5-12,14,21H,4,13H2,1-3H3,(H,27,30)(H,28,31). The number of amides is 2. The molecule has 2 N–H and O–H groups in total. The van der Waals surface area contributed by atoms with E-state index in [4.69, 9.17) is 32.7 Å². The quantitative estimate of drug-likeness (QED) is 0.297. The maximum absolute atomic E-state index is 12.6. The first-order valence-electron chi connectivity index (χ1n) is 10.2. The third-order valence-corrected chi connectivity index (χ3v) is 4.87. The first-order valence-corrected chi connectivity index (χ1v) is 10.9. The Balaban J connectivity index is 1.98. The van der Waals surface area contributed by atoms with Crippen molar-refractivity contribution < 1.29 is 23.9 Å². The summed E-state index contributed by atoms with van der Waals surface area (Å²) in [6.07, 6.45) is 1.42. The molecule has 2 rings (SSSR count). The molecule has 0 fully saturated rings. The maximum Gasteiger partial charge on any atom is 0.344 e. The lowest BCUT2D eigenvalue weighted by Gasteiger charge is -2.20. The summed E-state index contributed by atoms with van der Waals surface area (Å²) < 4.78 is 10.2. The number of carbonyl (C=O) groups excluding carboxylic acids is 3. The average Bonchev–Trinajstić information content (AvgIpc) is 2.76. The topological polar surface area (TPSA) is 106 Å². The molecule has 0 spiro atoms. The number of carbonyl (C=O) groups is 3. The van der Waals surface area contributed by atoms with Crippen molar-refractivity contribution in [3.8, 4) is 5.75 Å². The third-order valence-electron chi connectivity index (χ3n) is 4.32. The molecule has 0 aliphatic carbocycles. The zero-order valence-corrected chi connectivity index (χ0v) is 19.9. The van der Waals surface area contributed by atoms with Crippen LogP contribution < -0.4 is 15.5 Å². The van der Waals surface area contributed by atoms with Crippen LogP contribution >= 0.6 is 23.2 Å². The summed E-state index contributed by atoms with van der Waals surface area (Å²) in [5.74, 6) is -1.22. The number of rotatable bonds is 10. The molecule has 0 heterocycles. The van der Waals surface area contributed by atoms with Gasteiger partial charge in [-0.05, 0) is 48.7 Å². The largest absolute Gasteiger partial charge is 0.482 e. The number of hydrazone groups is 1. The van der Waals surface area contributed by atoms with Gasteiger partial charge in [-0.1, -0.05) is 49.2 Å². The molecule has 0 radical (unpaired) electrons. The molecule has 33 heavy (non-hydrogen) atoms. The van der Waals surface area contributed by atoms with Crippen LogP contribution in [0.15, 0.2) is 47.6 Å². The summed E-state index contributed by atoms with van der Waals surface area (Å²) in [6.45, 7) is 5.37. The lowest BCUT2D eigenvalue weighted by atomic mass is 10.0. The molecule has 2 amide bonds. The second kappa shape index (κ2) is 12.8. The van der Waals surface area contributed by atoms with Gasteiger partial charge in [0.1, 0.15) is 11.8 Å². The van der Waals surface area contributed by atoms with E-state index >= 15 is 0 Å². The maximum atomic E-state index is 12.6. The Morgan fingerprint density at radius 3 is 2.55 bits per heavy atom. The molecule has 2 aromatic rings. The highest BCUT2D eigenvalue weighted by Gasteiger charge is 2.25. The Morgan fingerprint density at radius 1 is 1.12 bits per heavy atom. The van der Waals surface area contributed by atoms with E-state index in [-0.39, 0.29) is 29.7 Å². The van der Waals surface area contributed by atoms with E-state index in [0.717, 1.165) is 0 Å². The second-order valence-electron chi connectivity index (χ2n) is 7.22. The van der Waals surface area contributed by atoms with Gasteiger partial charge in [0, 0.05) is 5.02 Å². The summed E-state index contributed by atoms with van der Waals surface area (Å²) in [5, 5.41) is 7.21. The van der Waals surface area contributed by atoms with Gasteiger partial charge in [0.25, 0.3) is 11.8 Å². The van der Waals surface area contributed by atoms with Crippen molar-refractivity contribution in [2.24, 2.45) is 11.0 Å². The predicted molar refractivity (Wildman–Crippen MR) is 127 cm³/mol. The van der Waals surface area contributed by atoms with Crippen molar-refractivity contribution in [3.05, 3.63) is 63.6 Å². The lowest BCUT2D eigenvalue weighted by Crippen LogP contribution is -2.48. The van der Waals surface area contributed by atoms with Gasteiger partial charge in [0.2, 0.25) is 0 Å². The van der Waals surface area contributed by atoms with Crippen LogP contribution in [0, 0.1) is 5.92 Å². The summed E-state index contributed by atoms with van der Waals surface area (Å²) in [7, 11) is 0. The first kappa shape index (κ1) is 26.2. The third kappa shape index (κ3) is 8.40. The molecule has 1 unspecified atom stereocenters. The number of esters is 1. The molecule has 0 saturated carbocycles. The number of ether oxygens (including phenoxy) is 2. The number of hydrogen-bond donors (Lipinski definition) is 2. The molecule has 0 bridgehead atoms. The van der Waals surface area contributed by atoms with Crippen molar-refractivity contribution in [1.82, 2.24) is 10.7 Å². The van der Waals surface area contributed by atoms with E-state index in [9.17, 15) is 14.4 Å². The zero-order valence-electron chi connectivity index (χ0n) is 18.4. The smallest absolute Gasteiger partial charge is 0.344 e. The van der Waals surface area contributed by atoms with Crippen LogP contribution in [0.25, 0.3) is 0 Å². The average molecular weight is 494 g/mol. The summed E-state index contributed by atoms with van der Waals surface area (Å²) in [6, 6.07) is 10.4. The fourth-order valence-corrected chi connectivity index (χ4v) is 3.19. The van der Waals surface area contributed by atoms with Gasteiger partial charge >= 0.3 is 5.97 Å². The summed E-state index contributed by atoms with van der Waals surface area (Å²) in [4.78, 5) is 36.6. The molecular weight excluding hydrogens is 469 g/mol. The van der Waals surface area contributed by atoms with Gasteiger partial charge in [-0.15, -0.1) is 0 Å². The zero-order chi connectivity index (χ0) is 24.4. The highest BCUT2D eigenvalue weighted by atomic mass is 35.5. The second-order valence-corrected chi connectivity index (χ2v) is 8.06. The Hall–Kier alpha value is -3.10. The van der Waals surface area contributed by atoms with Gasteiger partial charge in [-0.2, -0.15) is 5.10 Å². The van der Waals surface area contributed by atoms with Gasteiger partial charge in [-0.3, -0.25) is 9.59 Å². The summed E-state index contributed by atoms with van der Waals surface area (Å²) in [5.41, 5.74) is 3.27. The van der Waals surface area contributed by atoms with Crippen LogP contribution in [-0.2, 0) is 14.3 Å². The van der Waals surface area contributed by atoms with Crippen LogP contribution in [0.2, 0.25) is 10.0 Å². The minimum Gasteiger partial charge on any atom is -0.482 e. The van der Waals surface area contributed by atoms with E-state index in [1.807, 2.05) is 0 Å². The molecule has 176 valence electrons. The summed E-state index contributed by atoms with van der Waals surface area (Å²) >= 11 is 11.9. The molecule has 2 aromatic carbocycles. The number of benzene rings is 2. The van der Waals surface area contributed by atoms with Crippen LogP contribution in [0.4, 0.5) is 0 Å². The molecule has 0 saturated heterocycles. The molecule has 1 atom stereocenters. The van der Waals surface area contributed by atoms with Gasteiger partial charge < -0.3 is 14.8 Å². The van der Waals surface area contributed by atoms with Gasteiger partial charge in [0.05, 0.1) is 23.4 Å². The monoisotopic (exact) mass is 493 g/mol. The number of nitrogens with one attached hydrogen (secondary N) is 2. The van der Waals surface area contributed by atoms with Crippen molar-refractivity contribution in [2.45, 2.75) is 26.8 Å². The Kier molecular flexibility index (Phi) is 10.2. The van der Waals surface area contributed by atoms with E-state index in [2.05, 4.69) is 15.8 Å². The van der Waals surface area contributed by atoms with E-state index in [0.29, 0.717) is 16.3 Å². The van der Waals surface area contributed by atoms with Crippen molar-refractivity contribution >= 4 is 47.2 Å². The van der Waals surface area contributed by atoms with Gasteiger partial charge in [0.15, 0.2) is 6.61 Å². The minimum absolute atomic E-state index is 0.186. The number of halogens is 2. The fourth-order valence-electron chi connectivity index (χ4n) is 2.70. The lowest BCUT2D eigenvalue weighted by molar-refractivity contribution is -0.145. The molecule has 10 heteroatoms. The van der Waals surface area contributed by atoms with Crippen molar-refractivity contribution in [1.29, 1.82) is 0 Å². The molecule has 0 aliphatic rings. The molecule has 0 aromatic heterocycles. The van der Waals surface area contributed by atoms with Crippen molar-refractivity contribution in [2.75, 3.05) is 13.2 Å². The first-order chi connectivity index (χ1) is 15.7. The Morgan fingerprint density at radius 2 is 1.88 bits per heavy atom. The van der Waals surface area contributed by atoms with Crippen molar-refractivity contribution in [3.63, 3.8) is 0 Å². The highest BCUT2D eigenvalue weighted by Crippen LogP contribution is 2.21. The fraction of sp³-hybridized carbons (Fsp3) is 0.304. The van der Waals surface area contributed by atoms with Gasteiger partial charge in [-0.25, -0.2) is 10.2 Å². The van der Waals surface area contributed by atoms with Crippen LogP contribution in [0.3, 0.4) is 0 Å². The molecular formula is C23H25Cl2N3O5. The molecule has 8 nitrogen and oxygen atoms in total. The number of hydrogen-bond acceptors (Lipinski definition) is 6. The van der Waals surface area contributed by atoms with Crippen LogP contribution in [0.1, 0.15) is 36.7 Å². The normalized spacial score (nSPS) is 11.8. The number of nitrogens with zero attached hydrogens (tertiary/aromatic N) is 1. The SMILES string of the molecule is CCOC(=O)COc1cccc(C=NNC(=O)C(NC(=O)c2ccc(Cl)cc2Cl)C(C)C)c1. The predicted octanol–water partition coefficient (Wildman–Crippen LogP) is 3.84. The van der Waals surface area contributed by atoms with Crippen LogP contribution in [-0.4, -0.2) is 43.3 Å². The van der Waals surface area contributed by atoms with Crippen LogP contribution in [0.5, 0.6) is 5.75 Å². The van der Waals surface area contributed by atoms with E-state index in [1.54, 1.807) is 51.1 Å².